The average molecular weight is 213 g/mol. The molecule has 0 fully saturated rings. The molecule has 0 aromatic heterocycles. The van der Waals surface area contributed by atoms with E-state index in [4.69, 9.17) is 5.11 Å². The van der Waals surface area contributed by atoms with Crippen LogP contribution in [0.3, 0.4) is 0 Å². The molecule has 0 aliphatic rings. The molecule has 0 aliphatic carbocycles. The van der Waals surface area contributed by atoms with Crippen LogP contribution < -0.4 is 0 Å². The zero-order valence-electron chi connectivity index (χ0n) is 6.96. The molecule has 8 heteroatoms. The van der Waals surface area contributed by atoms with Crippen molar-refractivity contribution in [2.45, 2.75) is 13.1 Å². The van der Waals surface area contributed by atoms with Crippen LogP contribution in [0.2, 0.25) is 0 Å². The third-order valence-electron chi connectivity index (χ3n) is 1.05. The number of aliphatic hydroxyl groups excluding tert-OH is 1. The monoisotopic (exact) mass is 213 g/mol. The van der Waals surface area contributed by atoms with Gasteiger partial charge in [-0.25, -0.2) is 4.79 Å². The van der Waals surface area contributed by atoms with Crippen LogP contribution in [0, 0.1) is 4.91 Å². The minimum atomic E-state index is -5.20. The summed E-state index contributed by atoms with van der Waals surface area (Å²) in [5, 5.41) is 10.2. The van der Waals surface area contributed by atoms with Crippen LogP contribution in [0.4, 0.5) is 13.2 Å². The van der Waals surface area contributed by atoms with E-state index in [0.717, 1.165) is 0 Å². The number of hydrogen-bond acceptors (Lipinski definition) is 5. The van der Waals surface area contributed by atoms with Crippen molar-refractivity contribution < 1.29 is 27.8 Å². The second-order valence-electron chi connectivity index (χ2n) is 2.01. The number of ether oxygens (including phenoxy) is 1. The van der Waals surface area contributed by atoms with Gasteiger partial charge in [0, 0.05) is 0 Å². The second kappa shape index (κ2) is 4.58. The first-order valence-electron chi connectivity index (χ1n) is 3.35. The first-order valence-corrected chi connectivity index (χ1v) is 3.35. The van der Waals surface area contributed by atoms with Gasteiger partial charge in [-0.15, -0.1) is 4.91 Å². The summed E-state index contributed by atoms with van der Waals surface area (Å²) in [6.07, 6.45) is -5.20. The summed E-state index contributed by atoms with van der Waals surface area (Å²) in [5.74, 6) is -3.97. The highest BCUT2D eigenvalue weighted by Crippen LogP contribution is 2.26. The number of allylic oxidation sites excluding steroid dienone is 1. The van der Waals surface area contributed by atoms with Crippen molar-refractivity contribution in [1.29, 1.82) is 0 Å². The topological polar surface area (TPSA) is 76.0 Å². The van der Waals surface area contributed by atoms with Crippen molar-refractivity contribution in [3.05, 3.63) is 16.4 Å². The van der Waals surface area contributed by atoms with Gasteiger partial charge in [-0.1, -0.05) is 0 Å². The minimum Gasteiger partial charge on any atom is -0.502 e. The summed E-state index contributed by atoms with van der Waals surface area (Å²) in [6.45, 7) is 1.09. The summed E-state index contributed by atoms with van der Waals surface area (Å²) in [4.78, 5) is 20.5. The quantitative estimate of drug-likeness (QED) is 0.334. The van der Waals surface area contributed by atoms with E-state index in [2.05, 4.69) is 4.74 Å². The molecular weight excluding hydrogens is 207 g/mol. The molecule has 0 saturated heterocycles. The smallest absolute Gasteiger partial charge is 0.451 e. The molecule has 0 amide bonds. The van der Waals surface area contributed by atoms with Gasteiger partial charge in [-0.05, 0) is 12.1 Å². The highest BCUT2D eigenvalue weighted by molar-refractivity contribution is 5.88. The zero-order chi connectivity index (χ0) is 11.4. The molecule has 80 valence electrons. The first-order chi connectivity index (χ1) is 6.34. The molecule has 0 aromatic rings. The number of nitroso groups, excluding NO2 is 1. The fourth-order valence-electron chi connectivity index (χ4n) is 0.511. The van der Waals surface area contributed by atoms with Crippen molar-refractivity contribution in [2.75, 3.05) is 6.61 Å². The van der Waals surface area contributed by atoms with E-state index in [-0.39, 0.29) is 6.61 Å². The van der Waals surface area contributed by atoms with Gasteiger partial charge in [-0.3, -0.25) is 0 Å². The molecule has 0 aliphatic heterocycles. The Bertz CT molecular complexity index is 271. The lowest BCUT2D eigenvalue weighted by molar-refractivity contribution is -0.143. The van der Waals surface area contributed by atoms with Crippen molar-refractivity contribution in [3.8, 4) is 0 Å². The third-order valence-corrected chi connectivity index (χ3v) is 1.05. The van der Waals surface area contributed by atoms with E-state index >= 15 is 0 Å². The molecule has 0 bridgehead atoms. The summed E-state index contributed by atoms with van der Waals surface area (Å²) in [6, 6.07) is 0. The van der Waals surface area contributed by atoms with Crippen molar-refractivity contribution in [3.63, 3.8) is 0 Å². The Morgan fingerprint density at radius 3 is 2.29 bits per heavy atom. The predicted octanol–water partition coefficient (Wildman–Crippen LogP) is 1.65. The van der Waals surface area contributed by atoms with Gasteiger partial charge in [0.25, 0.3) is 0 Å². The number of hydrogen-bond donors (Lipinski definition) is 1. The number of halogens is 3. The van der Waals surface area contributed by atoms with E-state index in [1.165, 1.54) is 6.92 Å². The molecule has 0 spiro atoms. The summed E-state index contributed by atoms with van der Waals surface area (Å²) >= 11 is 0. The SMILES string of the molecule is CCOC(=O)C(N=O)=C(O)C(F)(F)F. The number of carbonyl (C=O) groups excluding carboxylic acids is 1. The molecule has 0 atom stereocenters. The largest absolute Gasteiger partial charge is 0.502 e. The second-order valence-corrected chi connectivity index (χ2v) is 2.01. The average Bonchev–Trinajstić information content (AvgIpc) is 2.04. The molecule has 1 N–H and O–H groups in total. The van der Waals surface area contributed by atoms with Crippen LogP contribution in [0.15, 0.2) is 16.6 Å². The fraction of sp³-hybridized carbons (Fsp3) is 0.500. The lowest BCUT2D eigenvalue weighted by atomic mass is 10.3. The van der Waals surface area contributed by atoms with Gasteiger partial charge < -0.3 is 9.84 Å². The number of nitrogens with zero attached hydrogens (tertiary/aromatic N) is 1. The molecule has 14 heavy (non-hydrogen) atoms. The number of rotatable bonds is 3. The molecule has 0 heterocycles. The van der Waals surface area contributed by atoms with Crippen LogP contribution in [0.25, 0.3) is 0 Å². The third kappa shape index (κ3) is 3.04. The maximum atomic E-state index is 11.8. The summed E-state index contributed by atoms with van der Waals surface area (Å²) < 4.78 is 39.4. The molecule has 5 nitrogen and oxygen atoms in total. The Balaban J connectivity index is 5.04. The number of carbonyl (C=O) groups is 1. The van der Waals surface area contributed by atoms with E-state index < -0.39 is 23.6 Å². The standard InChI is InChI=1S/C6H6F3NO4/c1-2-14-5(12)3(10-13)4(11)6(7,8)9/h11H,2H2,1H3. The first kappa shape index (κ1) is 12.4. The molecule has 0 unspecified atom stereocenters. The maximum absolute atomic E-state index is 11.8. The molecule has 0 rings (SSSR count). The van der Waals surface area contributed by atoms with Crippen LogP contribution in [0.5, 0.6) is 0 Å². The van der Waals surface area contributed by atoms with Crippen LogP contribution >= 0.6 is 0 Å². The molecule has 0 radical (unpaired) electrons. The number of alkyl halides is 3. The zero-order valence-corrected chi connectivity index (χ0v) is 6.96. The molecule has 0 aromatic carbocycles. The van der Waals surface area contributed by atoms with Crippen LogP contribution in [-0.2, 0) is 9.53 Å². The fourth-order valence-corrected chi connectivity index (χ4v) is 0.511. The predicted molar refractivity (Wildman–Crippen MR) is 38.1 cm³/mol. The highest BCUT2D eigenvalue weighted by atomic mass is 19.4. The Morgan fingerprint density at radius 1 is 1.50 bits per heavy atom. The maximum Gasteiger partial charge on any atom is 0.451 e. The lowest BCUT2D eigenvalue weighted by Crippen LogP contribution is -2.18. The van der Waals surface area contributed by atoms with E-state index in [0.29, 0.717) is 0 Å². The lowest BCUT2D eigenvalue weighted by Gasteiger charge is -2.06. The minimum absolute atomic E-state index is 0.233. The van der Waals surface area contributed by atoms with Crippen LogP contribution in [-0.4, -0.2) is 23.9 Å². The summed E-state index contributed by atoms with van der Waals surface area (Å²) in [7, 11) is 0. The van der Waals surface area contributed by atoms with E-state index in [1.807, 2.05) is 0 Å². The highest BCUT2D eigenvalue weighted by Gasteiger charge is 2.40. The molecule has 0 saturated carbocycles. The Hall–Kier alpha value is -1.60. The Morgan fingerprint density at radius 2 is 2.00 bits per heavy atom. The van der Waals surface area contributed by atoms with Crippen molar-refractivity contribution >= 4 is 5.97 Å². The van der Waals surface area contributed by atoms with Crippen molar-refractivity contribution in [2.24, 2.45) is 5.18 Å². The van der Waals surface area contributed by atoms with Gasteiger partial charge in [0.1, 0.15) is 0 Å². The van der Waals surface area contributed by atoms with E-state index in [1.54, 1.807) is 5.18 Å². The number of esters is 1. The Labute approximate surface area is 76.1 Å². The van der Waals surface area contributed by atoms with Gasteiger partial charge in [-0.2, -0.15) is 13.2 Å². The summed E-state index contributed by atoms with van der Waals surface area (Å²) in [5.41, 5.74) is -1.68. The van der Waals surface area contributed by atoms with Crippen molar-refractivity contribution in [1.82, 2.24) is 0 Å². The van der Waals surface area contributed by atoms with Gasteiger partial charge >= 0.3 is 12.1 Å². The Kier molecular flexibility index (Phi) is 4.06. The van der Waals surface area contributed by atoms with Gasteiger partial charge in [0.15, 0.2) is 0 Å². The van der Waals surface area contributed by atoms with Gasteiger partial charge in [0.05, 0.1) is 6.61 Å². The number of aliphatic hydroxyl groups is 1. The van der Waals surface area contributed by atoms with Gasteiger partial charge in [0.2, 0.25) is 11.5 Å². The van der Waals surface area contributed by atoms with Crippen LogP contribution in [0.1, 0.15) is 6.92 Å². The van der Waals surface area contributed by atoms with E-state index in [9.17, 15) is 22.9 Å². The normalized spacial score (nSPS) is 13.1. The molecular formula is C6H6F3NO4.